The van der Waals surface area contributed by atoms with Gasteiger partial charge in [0.2, 0.25) is 0 Å². The van der Waals surface area contributed by atoms with Crippen molar-refractivity contribution in [3.05, 3.63) is 46.2 Å². The predicted octanol–water partition coefficient (Wildman–Crippen LogP) is 2.32. The van der Waals surface area contributed by atoms with Gasteiger partial charge in [0.15, 0.2) is 11.6 Å². The lowest BCUT2D eigenvalue weighted by Gasteiger charge is -2.09. The van der Waals surface area contributed by atoms with Crippen LogP contribution in [0.1, 0.15) is 10.6 Å². The molecule has 2 aromatic rings. The van der Waals surface area contributed by atoms with Gasteiger partial charge in [-0.3, -0.25) is 0 Å². The van der Waals surface area contributed by atoms with Crippen LogP contribution in [0.4, 0.5) is 4.39 Å². The monoisotopic (exact) mass is 238 g/mol. The number of para-hydroxylation sites is 1. The van der Waals surface area contributed by atoms with Gasteiger partial charge in [-0.25, -0.2) is 9.37 Å². The highest BCUT2D eigenvalue weighted by atomic mass is 32.1. The van der Waals surface area contributed by atoms with Gasteiger partial charge in [-0.15, -0.1) is 11.3 Å². The van der Waals surface area contributed by atoms with Gasteiger partial charge in [0.1, 0.15) is 11.6 Å². The molecule has 5 heteroatoms. The van der Waals surface area contributed by atoms with E-state index >= 15 is 0 Å². The number of hydrogen-bond acceptors (Lipinski definition) is 4. The summed E-state index contributed by atoms with van der Waals surface area (Å²) in [6.07, 6.45) is 1.69. The summed E-state index contributed by atoms with van der Waals surface area (Å²) in [7, 11) is 0. The maximum atomic E-state index is 13.5. The van der Waals surface area contributed by atoms with Crippen LogP contribution in [0.3, 0.4) is 0 Å². The van der Waals surface area contributed by atoms with Crippen molar-refractivity contribution in [1.29, 1.82) is 0 Å². The van der Waals surface area contributed by atoms with Crippen LogP contribution in [0.25, 0.3) is 0 Å². The van der Waals surface area contributed by atoms with Gasteiger partial charge < -0.3 is 10.5 Å². The van der Waals surface area contributed by atoms with Crippen LogP contribution >= 0.6 is 11.3 Å². The van der Waals surface area contributed by atoms with Crippen molar-refractivity contribution in [2.24, 2.45) is 5.73 Å². The molecule has 3 nitrogen and oxygen atoms in total. The minimum absolute atomic E-state index is 0.222. The summed E-state index contributed by atoms with van der Waals surface area (Å²) in [6.45, 7) is 0.524. The fourth-order valence-electron chi connectivity index (χ4n) is 1.33. The Morgan fingerprint density at radius 1 is 1.44 bits per heavy atom. The van der Waals surface area contributed by atoms with Crippen LogP contribution in [0, 0.1) is 5.82 Å². The van der Waals surface area contributed by atoms with E-state index in [0.29, 0.717) is 5.56 Å². The third-order valence-corrected chi connectivity index (χ3v) is 2.85. The number of thiazole rings is 1. The van der Waals surface area contributed by atoms with E-state index in [9.17, 15) is 4.39 Å². The Morgan fingerprint density at radius 2 is 2.31 bits per heavy atom. The van der Waals surface area contributed by atoms with Crippen LogP contribution < -0.4 is 10.5 Å². The molecular formula is C11H11FN2OS. The topological polar surface area (TPSA) is 48.1 Å². The molecule has 1 aromatic carbocycles. The van der Waals surface area contributed by atoms with Gasteiger partial charge in [0.05, 0.1) is 0 Å². The minimum atomic E-state index is -0.389. The number of aromatic nitrogens is 1. The first kappa shape index (κ1) is 11.0. The highest BCUT2D eigenvalue weighted by Crippen LogP contribution is 2.23. The lowest BCUT2D eigenvalue weighted by molar-refractivity contribution is 0.286. The maximum absolute atomic E-state index is 13.5. The second-order valence-electron chi connectivity index (χ2n) is 3.15. The molecule has 0 bridgehead atoms. The third kappa shape index (κ3) is 2.37. The van der Waals surface area contributed by atoms with Gasteiger partial charge in [0.25, 0.3) is 0 Å². The van der Waals surface area contributed by atoms with E-state index in [1.807, 2.05) is 5.38 Å². The maximum Gasteiger partial charge on any atom is 0.165 e. The first-order valence-corrected chi connectivity index (χ1v) is 5.68. The third-order valence-electron chi connectivity index (χ3n) is 2.09. The molecule has 2 N–H and O–H groups in total. The number of hydrogen-bond donors (Lipinski definition) is 1. The molecule has 0 aliphatic heterocycles. The second-order valence-corrected chi connectivity index (χ2v) is 4.13. The van der Waals surface area contributed by atoms with Gasteiger partial charge in [-0.1, -0.05) is 12.1 Å². The average Bonchev–Trinajstić information content (AvgIpc) is 2.80. The molecule has 2 rings (SSSR count). The van der Waals surface area contributed by atoms with E-state index in [-0.39, 0.29) is 24.7 Å². The number of nitrogens with two attached hydrogens (primary N) is 1. The Kier molecular flexibility index (Phi) is 3.48. The first-order chi connectivity index (χ1) is 7.81. The van der Waals surface area contributed by atoms with Crippen LogP contribution in [-0.4, -0.2) is 4.98 Å². The van der Waals surface area contributed by atoms with Crippen molar-refractivity contribution >= 4 is 11.3 Å². The van der Waals surface area contributed by atoms with Crippen molar-refractivity contribution in [2.45, 2.75) is 13.2 Å². The Balaban J connectivity index is 2.14. The molecule has 0 saturated carbocycles. The summed E-state index contributed by atoms with van der Waals surface area (Å²) in [5.41, 5.74) is 6.17. The molecule has 0 spiro atoms. The van der Waals surface area contributed by atoms with Crippen molar-refractivity contribution in [1.82, 2.24) is 4.98 Å². The summed E-state index contributed by atoms with van der Waals surface area (Å²) in [4.78, 5) is 4.06. The molecule has 0 fully saturated rings. The van der Waals surface area contributed by atoms with E-state index in [1.165, 1.54) is 17.4 Å². The quantitative estimate of drug-likeness (QED) is 0.889. The van der Waals surface area contributed by atoms with Crippen molar-refractivity contribution < 1.29 is 9.13 Å². The number of benzene rings is 1. The Morgan fingerprint density at radius 3 is 3.00 bits per heavy atom. The molecule has 0 aliphatic carbocycles. The largest absolute Gasteiger partial charge is 0.483 e. The highest BCUT2D eigenvalue weighted by molar-refractivity contribution is 7.09. The van der Waals surface area contributed by atoms with Gasteiger partial charge >= 0.3 is 0 Å². The van der Waals surface area contributed by atoms with Gasteiger partial charge in [0, 0.05) is 23.7 Å². The van der Waals surface area contributed by atoms with Crippen LogP contribution in [0.15, 0.2) is 29.8 Å². The zero-order valence-corrected chi connectivity index (χ0v) is 9.34. The molecule has 84 valence electrons. The Hall–Kier alpha value is -1.46. The van der Waals surface area contributed by atoms with E-state index in [0.717, 1.165) is 5.01 Å². The molecule has 0 aliphatic rings. The molecular weight excluding hydrogens is 227 g/mol. The molecule has 1 aromatic heterocycles. The predicted molar refractivity (Wildman–Crippen MR) is 60.7 cm³/mol. The molecule has 1 heterocycles. The van der Waals surface area contributed by atoms with Crippen molar-refractivity contribution in [2.75, 3.05) is 0 Å². The fourth-order valence-corrected chi connectivity index (χ4v) is 1.86. The second kappa shape index (κ2) is 5.05. The normalized spacial score (nSPS) is 10.4. The molecule has 0 saturated heterocycles. The molecule has 0 radical (unpaired) electrons. The van der Waals surface area contributed by atoms with Crippen molar-refractivity contribution in [3.63, 3.8) is 0 Å². The molecule has 0 unspecified atom stereocenters. The molecule has 0 atom stereocenters. The summed E-state index contributed by atoms with van der Waals surface area (Å²) in [5, 5.41) is 2.66. The lowest BCUT2D eigenvalue weighted by Crippen LogP contribution is -2.04. The van der Waals surface area contributed by atoms with Crippen molar-refractivity contribution in [3.8, 4) is 5.75 Å². The lowest BCUT2D eigenvalue weighted by atomic mass is 10.2. The number of rotatable bonds is 4. The van der Waals surface area contributed by atoms with Gasteiger partial charge in [-0.05, 0) is 6.07 Å². The highest BCUT2D eigenvalue weighted by Gasteiger charge is 2.09. The van der Waals surface area contributed by atoms with E-state index in [2.05, 4.69) is 4.98 Å². The Bertz CT molecular complexity index is 459. The van der Waals surface area contributed by atoms with Gasteiger partial charge in [-0.2, -0.15) is 0 Å². The van der Waals surface area contributed by atoms with Crippen LogP contribution in [0.2, 0.25) is 0 Å². The smallest absolute Gasteiger partial charge is 0.165 e. The zero-order valence-electron chi connectivity index (χ0n) is 8.52. The van der Waals surface area contributed by atoms with Crippen LogP contribution in [0.5, 0.6) is 5.75 Å². The molecule has 16 heavy (non-hydrogen) atoms. The van der Waals surface area contributed by atoms with Crippen LogP contribution in [-0.2, 0) is 13.2 Å². The SMILES string of the molecule is NCc1cccc(F)c1OCc1nccs1. The van der Waals surface area contributed by atoms with E-state index < -0.39 is 0 Å². The van der Waals surface area contributed by atoms with E-state index in [4.69, 9.17) is 10.5 Å². The fraction of sp³-hybridized carbons (Fsp3) is 0.182. The molecule has 0 amide bonds. The summed E-state index contributed by atoms with van der Waals surface area (Å²) < 4.78 is 18.9. The average molecular weight is 238 g/mol. The first-order valence-electron chi connectivity index (χ1n) is 4.80. The number of nitrogens with zero attached hydrogens (tertiary/aromatic N) is 1. The zero-order chi connectivity index (χ0) is 11.4. The summed E-state index contributed by atoms with van der Waals surface area (Å²) >= 11 is 1.47. The summed E-state index contributed by atoms with van der Waals surface area (Å²) in [6, 6.07) is 4.73. The summed E-state index contributed by atoms with van der Waals surface area (Å²) in [5.74, 6) is -0.167. The minimum Gasteiger partial charge on any atom is -0.483 e. The standard InChI is InChI=1S/C11H11FN2OS/c12-9-3-1-2-8(6-13)11(9)15-7-10-14-4-5-16-10/h1-5H,6-7,13H2. The number of ether oxygens (including phenoxy) is 1. The van der Waals surface area contributed by atoms with E-state index in [1.54, 1.807) is 18.3 Å². The number of halogens is 1. The Labute approximate surface area is 96.7 Å².